The molecule has 0 bridgehead atoms. The fourth-order valence-electron chi connectivity index (χ4n) is 3.13. The minimum absolute atomic E-state index is 0.109. The van der Waals surface area contributed by atoms with E-state index >= 15 is 0 Å². The number of hydrogen-bond acceptors (Lipinski definition) is 7. The van der Waals surface area contributed by atoms with Crippen LogP contribution in [0, 0.1) is 5.82 Å². The summed E-state index contributed by atoms with van der Waals surface area (Å²) >= 11 is 6.47. The van der Waals surface area contributed by atoms with Crippen molar-refractivity contribution >= 4 is 61.3 Å². The quantitative estimate of drug-likeness (QED) is 0.316. The van der Waals surface area contributed by atoms with Crippen LogP contribution in [0.1, 0.15) is 0 Å². The molecule has 0 saturated carbocycles. The van der Waals surface area contributed by atoms with Gasteiger partial charge in [-0.3, -0.25) is 4.79 Å². The van der Waals surface area contributed by atoms with Gasteiger partial charge in [0.25, 0.3) is 15.6 Å². The molecule has 2 amide bonds. The summed E-state index contributed by atoms with van der Waals surface area (Å²) in [7, 11) is -2.49. The van der Waals surface area contributed by atoms with Gasteiger partial charge < -0.3 is 15.6 Å². The molecule has 176 valence electrons. The molecule has 4 aromatic rings. The van der Waals surface area contributed by atoms with E-state index in [4.69, 9.17) is 11.6 Å². The van der Waals surface area contributed by atoms with Gasteiger partial charge in [-0.05, 0) is 48.5 Å². The molecule has 0 unspecified atom stereocenters. The van der Waals surface area contributed by atoms with Crippen LogP contribution in [0.2, 0.25) is 4.34 Å². The second-order valence-electron chi connectivity index (χ2n) is 6.87. The zero-order chi connectivity index (χ0) is 24.6. The normalized spacial score (nSPS) is 11.4. The maximum atomic E-state index is 14.8. The molecule has 0 atom stereocenters. The van der Waals surface area contributed by atoms with Crippen LogP contribution in [0.3, 0.4) is 0 Å². The first kappa shape index (κ1) is 23.5. The van der Waals surface area contributed by atoms with Gasteiger partial charge in [-0.2, -0.15) is 0 Å². The Balaban J connectivity index is 1.61. The highest BCUT2D eigenvalue weighted by molar-refractivity contribution is 7.92. The van der Waals surface area contributed by atoms with Crippen LogP contribution in [0.15, 0.2) is 62.3 Å². The number of anilines is 2. The summed E-state index contributed by atoms with van der Waals surface area (Å²) in [5.41, 5.74) is -1.10. The lowest BCUT2D eigenvalue weighted by molar-refractivity contribution is 0.256. The van der Waals surface area contributed by atoms with Gasteiger partial charge in [0.15, 0.2) is 0 Å². The lowest BCUT2D eigenvalue weighted by atomic mass is 10.2. The first-order chi connectivity index (χ1) is 16.1. The van der Waals surface area contributed by atoms with Crippen LogP contribution in [0.5, 0.6) is 0 Å². The summed E-state index contributed by atoms with van der Waals surface area (Å²) < 4.78 is 41.7. The Bertz CT molecular complexity index is 1660. The van der Waals surface area contributed by atoms with Crippen molar-refractivity contribution in [1.29, 1.82) is 0 Å². The maximum absolute atomic E-state index is 14.8. The van der Waals surface area contributed by atoms with E-state index in [2.05, 4.69) is 15.6 Å². The average Bonchev–Trinajstić information content (AvgIpc) is 3.21. The minimum Gasteiger partial charge on any atom is -0.388 e. The standard InChI is InChI=1S/C20H15ClFN5O5S2/c1-23-10-2-4-12-14(9-10)25-20(30)27(18(12)28)15-5-3-11(8-13(15)22)24-19(29)26-34(31,32)17-7-6-16(21)33-17/h2-9,23H,1H3,(H,25,30)(H2,24,26,29). The molecular formula is C20H15ClFN5O5S2. The van der Waals surface area contributed by atoms with E-state index in [0.717, 1.165) is 23.5 Å². The third kappa shape index (κ3) is 4.53. The van der Waals surface area contributed by atoms with Gasteiger partial charge >= 0.3 is 11.7 Å². The lowest BCUT2D eigenvalue weighted by Crippen LogP contribution is -2.35. The molecule has 2 aromatic carbocycles. The number of fused-ring (bicyclic) bond motifs is 1. The van der Waals surface area contributed by atoms with Crippen LogP contribution in [-0.4, -0.2) is 31.0 Å². The van der Waals surface area contributed by atoms with Crippen LogP contribution in [0.25, 0.3) is 16.6 Å². The SMILES string of the molecule is CNc1ccc2c(=O)n(-c3ccc(NC(=O)NS(=O)(=O)c4ccc(Cl)s4)cc3F)c(=O)[nH]c2c1. The van der Waals surface area contributed by atoms with Crippen molar-refractivity contribution in [3.8, 4) is 5.69 Å². The van der Waals surface area contributed by atoms with Crippen LogP contribution < -0.4 is 26.6 Å². The molecule has 2 aromatic heterocycles. The molecular weight excluding hydrogens is 509 g/mol. The number of amides is 2. The van der Waals surface area contributed by atoms with Crippen LogP contribution in [0.4, 0.5) is 20.6 Å². The Labute approximate surface area is 200 Å². The number of nitrogens with zero attached hydrogens (tertiary/aromatic N) is 1. The van der Waals surface area contributed by atoms with E-state index in [1.54, 1.807) is 23.9 Å². The van der Waals surface area contributed by atoms with Gasteiger partial charge in [0.05, 0.1) is 20.9 Å². The Morgan fingerprint density at radius 2 is 1.82 bits per heavy atom. The second-order valence-corrected chi connectivity index (χ2v) is 10.5. The maximum Gasteiger partial charge on any atom is 0.333 e. The zero-order valence-electron chi connectivity index (χ0n) is 17.2. The number of rotatable bonds is 5. The number of hydrogen-bond donors (Lipinski definition) is 4. The molecule has 2 heterocycles. The smallest absolute Gasteiger partial charge is 0.333 e. The van der Waals surface area contributed by atoms with E-state index in [1.165, 1.54) is 24.3 Å². The molecule has 34 heavy (non-hydrogen) atoms. The molecule has 4 N–H and O–H groups in total. The number of benzene rings is 2. The van der Waals surface area contributed by atoms with Crippen molar-refractivity contribution < 1.29 is 17.6 Å². The predicted molar refractivity (Wildman–Crippen MR) is 128 cm³/mol. The molecule has 0 aliphatic heterocycles. The highest BCUT2D eigenvalue weighted by atomic mass is 35.5. The fraction of sp³-hybridized carbons (Fsp3) is 0.0500. The number of carbonyl (C=O) groups excluding carboxylic acids is 1. The van der Waals surface area contributed by atoms with Gasteiger partial charge in [-0.15, -0.1) is 11.3 Å². The highest BCUT2D eigenvalue weighted by Gasteiger charge is 2.20. The van der Waals surface area contributed by atoms with E-state index in [-0.39, 0.29) is 30.8 Å². The number of nitrogens with one attached hydrogen (secondary N) is 4. The van der Waals surface area contributed by atoms with Crippen molar-refractivity contribution in [2.45, 2.75) is 4.21 Å². The minimum atomic E-state index is -4.17. The monoisotopic (exact) mass is 523 g/mol. The van der Waals surface area contributed by atoms with Crippen LogP contribution >= 0.6 is 22.9 Å². The summed E-state index contributed by atoms with van der Waals surface area (Å²) in [6.07, 6.45) is 0. The molecule has 0 aliphatic rings. The Morgan fingerprint density at radius 3 is 2.47 bits per heavy atom. The first-order valence-corrected chi connectivity index (χ1v) is 12.1. The Kier molecular flexibility index (Phi) is 6.17. The topological polar surface area (TPSA) is 142 Å². The third-order valence-corrected chi connectivity index (χ3v) is 7.73. The van der Waals surface area contributed by atoms with E-state index in [9.17, 15) is 27.2 Å². The van der Waals surface area contributed by atoms with Gasteiger partial charge in [0.1, 0.15) is 10.0 Å². The predicted octanol–water partition coefficient (Wildman–Crippen LogP) is 3.09. The molecule has 0 radical (unpaired) electrons. The van der Waals surface area contributed by atoms with Gasteiger partial charge in [-0.25, -0.2) is 31.7 Å². The molecule has 10 nitrogen and oxygen atoms in total. The van der Waals surface area contributed by atoms with Crippen LogP contribution in [-0.2, 0) is 10.0 Å². The number of H-pyrrole nitrogens is 1. The summed E-state index contributed by atoms with van der Waals surface area (Å²) in [4.78, 5) is 40.0. The first-order valence-electron chi connectivity index (χ1n) is 9.45. The summed E-state index contributed by atoms with van der Waals surface area (Å²) in [6.45, 7) is 0. The number of aromatic nitrogens is 2. The molecule has 0 spiro atoms. The van der Waals surface area contributed by atoms with Crippen molar-refractivity contribution in [3.63, 3.8) is 0 Å². The largest absolute Gasteiger partial charge is 0.388 e. The zero-order valence-corrected chi connectivity index (χ0v) is 19.6. The Hall–Kier alpha value is -3.68. The molecule has 14 heteroatoms. The number of sulfonamides is 1. The number of halogens is 2. The molecule has 0 aliphatic carbocycles. The summed E-state index contributed by atoms with van der Waals surface area (Å²) in [5, 5.41) is 5.24. The van der Waals surface area contributed by atoms with E-state index in [1.807, 2.05) is 0 Å². The molecule has 4 rings (SSSR count). The molecule has 0 saturated heterocycles. The van der Waals surface area contributed by atoms with E-state index < -0.39 is 33.1 Å². The number of thiophene rings is 1. The molecule has 0 fully saturated rings. The van der Waals surface area contributed by atoms with Gasteiger partial charge in [0.2, 0.25) is 0 Å². The number of aromatic amines is 1. The summed E-state index contributed by atoms with van der Waals surface area (Å²) in [6, 6.07) is 9.33. The highest BCUT2D eigenvalue weighted by Crippen LogP contribution is 2.25. The second kappa shape index (κ2) is 8.93. The third-order valence-electron chi connectivity index (χ3n) is 4.67. The fourth-order valence-corrected chi connectivity index (χ4v) is 5.52. The van der Waals surface area contributed by atoms with Crippen molar-refractivity contribution in [2.75, 3.05) is 17.7 Å². The average molecular weight is 524 g/mol. The number of carbonyl (C=O) groups is 1. The lowest BCUT2D eigenvalue weighted by Gasteiger charge is -2.11. The number of urea groups is 1. The van der Waals surface area contributed by atoms with Crippen molar-refractivity contribution in [2.24, 2.45) is 0 Å². The summed E-state index contributed by atoms with van der Waals surface area (Å²) in [5.74, 6) is -0.996. The van der Waals surface area contributed by atoms with Gasteiger partial charge in [-0.1, -0.05) is 11.6 Å². The van der Waals surface area contributed by atoms with Gasteiger partial charge in [0, 0.05) is 18.4 Å². The van der Waals surface area contributed by atoms with Crippen molar-refractivity contribution in [3.05, 3.63) is 79.5 Å². The van der Waals surface area contributed by atoms with Crippen molar-refractivity contribution in [1.82, 2.24) is 14.3 Å². The Morgan fingerprint density at radius 1 is 1.09 bits per heavy atom. The van der Waals surface area contributed by atoms with E-state index in [0.29, 0.717) is 10.3 Å².